The third-order valence-electron chi connectivity index (χ3n) is 3.02. The van der Waals surface area contributed by atoms with Crippen LogP contribution in [0.5, 0.6) is 0 Å². The van der Waals surface area contributed by atoms with Crippen molar-refractivity contribution in [2.24, 2.45) is 4.99 Å². The highest BCUT2D eigenvalue weighted by Gasteiger charge is 2.04. The summed E-state index contributed by atoms with van der Waals surface area (Å²) in [5, 5.41) is 7.67. The van der Waals surface area contributed by atoms with Crippen LogP contribution in [0.2, 0.25) is 0 Å². The molecule has 0 radical (unpaired) electrons. The van der Waals surface area contributed by atoms with Crippen LogP contribution in [-0.4, -0.2) is 48.6 Å². The summed E-state index contributed by atoms with van der Waals surface area (Å²) in [7, 11) is 2.13. The number of rotatable bonds is 7. The minimum atomic E-state index is 0. The maximum atomic E-state index is 4.56. The van der Waals surface area contributed by atoms with Crippen molar-refractivity contribution in [3.05, 3.63) is 16.1 Å². The second kappa shape index (κ2) is 11.2. The van der Waals surface area contributed by atoms with E-state index in [2.05, 4.69) is 60.3 Å². The van der Waals surface area contributed by atoms with Gasteiger partial charge in [0.2, 0.25) is 0 Å². The molecule has 0 saturated carbocycles. The highest BCUT2D eigenvalue weighted by molar-refractivity contribution is 14.0. The third kappa shape index (κ3) is 8.57. The Bertz CT molecular complexity index is 419. The van der Waals surface area contributed by atoms with E-state index in [1.54, 1.807) is 11.3 Å². The van der Waals surface area contributed by atoms with Crippen LogP contribution >= 0.6 is 35.3 Å². The maximum absolute atomic E-state index is 4.56. The van der Waals surface area contributed by atoms with E-state index in [-0.39, 0.29) is 24.0 Å². The number of halogens is 1. The number of hydrogen-bond acceptors (Lipinski definition) is 4. The van der Waals surface area contributed by atoms with Crippen LogP contribution in [-0.2, 0) is 6.54 Å². The molecule has 0 aromatic carbocycles. The lowest BCUT2D eigenvalue weighted by Gasteiger charge is -2.21. The molecule has 0 amide bonds. The molecule has 0 aliphatic heterocycles. The van der Waals surface area contributed by atoms with Gasteiger partial charge in [-0.1, -0.05) is 0 Å². The lowest BCUT2D eigenvalue weighted by atomic mass is 10.3. The largest absolute Gasteiger partial charge is 0.357 e. The molecule has 1 heterocycles. The quantitative estimate of drug-likeness (QED) is 0.401. The lowest BCUT2D eigenvalue weighted by Crippen LogP contribution is -2.42. The fraction of sp³-hybridized carbons (Fsp3) is 0.714. The summed E-state index contributed by atoms with van der Waals surface area (Å²) in [6.07, 6.45) is 1.90. The first-order valence-corrected chi connectivity index (χ1v) is 7.98. The predicted molar refractivity (Wildman–Crippen MR) is 103 cm³/mol. The maximum Gasteiger partial charge on any atom is 0.191 e. The molecule has 1 rings (SSSR count). The Hall–Kier alpha value is -0.410. The van der Waals surface area contributed by atoms with Gasteiger partial charge in [0.25, 0.3) is 0 Å². The number of aryl methyl sites for hydroxylation is 1. The van der Waals surface area contributed by atoms with Gasteiger partial charge in [-0.25, -0.2) is 9.98 Å². The van der Waals surface area contributed by atoms with Gasteiger partial charge >= 0.3 is 0 Å². The van der Waals surface area contributed by atoms with E-state index >= 15 is 0 Å². The van der Waals surface area contributed by atoms with Gasteiger partial charge in [-0.3, -0.25) is 0 Å². The number of aliphatic imine (C=N–C) groups is 1. The van der Waals surface area contributed by atoms with Crippen LogP contribution < -0.4 is 10.6 Å². The van der Waals surface area contributed by atoms with Crippen molar-refractivity contribution in [2.45, 2.75) is 40.3 Å². The molecule has 0 spiro atoms. The standard InChI is InChI=1S/C14H27N5S.HI/c1-6-15-14(16-7-8-19(5)11(2)3)18-10-13-17-9-12(4)20-13;/h9,11H,6-8,10H2,1-5H3,(H2,15,16,18);1H. The Morgan fingerprint density at radius 2 is 2.14 bits per heavy atom. The highest BCUT2D eigenvalue weighted by atomic mass is 127. The Labute approximate surface area is 149 Å². The molecular weight excluding hydrogens is 397 g/mol. The number of aromatic nitrogens is 1. The van der Waals surface area contributed by atoms with Crippen LogP contribution in [0.3, 0.4) is 0 Å². The molecule has 5 nitrogen and oxygen atoms in total. The highest BCUT2D eigenvalue weighted by Crippen LogP contribution is 2.11. The van der Waals surface area contributed by atoms with Crippen molar-refractivity contribution >= 4 is 41.3 Å². The smallest absolute Gasteiger partial charge is 0.191 e. The van der Waals surface area contributed by atoms with Gasteiger partial charge in [-0.2, -0.15) is 0 Å². The second-order valence-corrected chi connectivity index (χ2v) is 6.38. The van der Waals surface area contributed by atoms with E-state index in [0.29, 0.717) is 12.6 Å². The fourth-order valence-electron chi connectivity index (χ4n) is 1.57. The monoisotopic (exact) mass is 425 g/mol. The zero-order valence-electron chi connectivity index (χ0n) is 13.6. The molecule has 122 valence electrons. The van der Waals surface area contributed by atoms with Crippen molar-refractivity contribution in [3.63, 3.8) is 0 Å². The van der Waals surface area contributed by atoms with Crippen LogP contribution in [0, 0.1) is 6.92 Å². The van der Waals surface area contributed by atoms with Crippen molar-refractivity contribution in [2.75, 3.05) is 26.7 Å². The van der Waals surface area contributed by atoms with Gasteiger partial charge in [0.1, 0.15) is 5.01 Å². The Balaban J connectivity index is 0.00000400. The summed E-state index contributed by atoms with van der Waals surface area (Å²) in [5.74, 6) is 0.859. The molecule has 1 aromatic rings. The number of hydrogen-bond donors (Lipinski definition) is 2. The van der Waals surface area contributed by atoms with E-state index in [4.69, 9.17) is 0 Å². The van der Waals surface area contributed by atoms with E-state index < -0.39 is 0 Å². The van der Waals surface area contributed by atoms with Crippen molar-refractivity contribution in [1.82, 2.24) is 20.5 Å². The Kier molecular flexibility index (Phi) is 11.0. The molecule has 7 heteroatoms. The summed E-state index contributed by atoms with van der Waals surface area (Å²) in [6.45, 7) is 11.9. The van der Waals surface area contributed by atoms with E-state index in [0.717, 1.165) is 30.6 Å². The minimum Gasteiger partial charge on any atom is -0.357 e. The normalized spacial score (nSPS) is 11.7. The molecule has 1 aromatic heterocycles. The first-order chi connectivity index (χ1) is 9.52. The average molecular weight is 425 g/mol. The van der Waals surface area contributed by atoms with E-state index in [1.807, 2.05) is 6.20 Å². The minimum absolute atomic E-state index is 0. The molecule has 0 unspecified atom stereocenters. The first-order valence-electron chi connectivity index (χ1n) is 7.16. The molecule has 0 atom stereocenters. The van der Waals surface area contributed by atoms with Crippen LogP contribution in [0.4, 0.5) is 0 Å². The Morgan fingerprint density at radius 3 is 2.67 bits per heavy atom. The summed E-state index contributed by atoms with van der Waals surface area (Å²) < 4.78 is 0. The van der Waals surface area contributed by atoms with Crippen molar-refractivity contribution in [3.8, 4) is 0 Å². The van der Waals surface area contributed by atoms with Crippen LogP contribution in [0.1, 0.15) is 30.7 Å². The van der Waals surface area contributed by atoms with Gasteiger partial charge in [-0.05, 0) is 34.7 Å². The van der Waals surface area contributed by atoms with Gasteiger partial charge in [0.05, 0.1) is 6.54 Å². The molecule has 0 aliphatic rings. The zero-order valence-corrected chi connectivity index (χ0v) is 16.8. The molecule has 0 fully saturated rings. The van der Waals surface area contributed by atoms with Gasteiger partial charge < -0.3 is 15.5 Å². The average Bonchev–Trinajstić information content (AvgIpc) is 2.81. The molecule has 21 heavy (non-hydrogen) atoms. The number of likely N-dealkylation sites (N-methyl/N-ethyl adjacent to an activating group) is 1. The third-order valence-corrected chi connectivity index (χ3v) is 3.92. The molecular formula is C14H28IN5S. The van der Waals surface area contributed by atoms with Gasteiger partial charge in [0, 0.05) is 36.8 Å². The number of guanidine groups is 1. The van der Waals surface area contributed by atoms with Gasteiger partial charge in [0.15, 0.2) is 5.96 Å². The van der Waals surface area contributed by atoms with E-state index in [1.165, 1.54) is 4.88 Å². The number of nitrogens with zero attached hydrogens (tertiary/aromatic N) is 3. The van der Waals surface area contributed by atoms with Crippen molar-refractivity contribution < 1.29 is 0 Å². The summed E-state index contributed by atoms with van der Waals surface area (Å²) in [5.41, 5.74) is 0. The summed E-state index contributed by atoms with van der Waals surface area (Å²) in [4.78, 5) is 12.4. The molecule has 2 N–H and O–H groups in total. The lowest BCUT2D eigenvalue weighted by molar-refractivity contribution is 0.278. The Morgan fingerprint density at radius 1 is 1.43 bits per heavy atom. The predicted octanol–water partition coefficient (Wildman–Crippen LogP) is 2.46. The number of nitrogens with one attached hydrogen (secondary N) is 2. The summed E-state index contributed by atoms with van der Waals surface area (Å²) in [6, 6.07) is 0.564. The second-order valence-electron chi connectivity index (χ2n) is 5.06. The SMILES string of the molecule is CCNC(=NCc1ncc(C)s1)NCCN(C)C(C)C.I. The zero-order chi connectivity index (χ0) is 15.0. The van der Waals surface area contributed by atoms with Crippen LogP contribution in [0.25, 0.3) is 0 Å². The number of thiazole rings is 1. The molecule has 0 aliphatic carbocycles. The van der Waals surface area contributed by atoms with E-state index in [9.17, 15) is 0 Å². The first kappa shape index (κ1) is 20.6. The topological polar surface area (TPSA) is 52.6 Å². The van der Waals surface area contributed by atoms with Crippen molar-refractivity contribution in [1.29, 1.82) is 0 Å². The molecule has 0 bridgehead atoms. The van der Waals surface area contributed by atoms with Crippen LogP contribution in [0.15, 0.2) is 11.2 Å². The molecule has 0 saturated heterocycles. The summed E-state index contributed by atoms with van der Waals surface area (Å²) >= 11 is 1.70. The van der Waals surface area contributed by atoms with Gasteiger partial charge in [-0.15, -0.1) is 35.3 Å². The fourth-order valence-corrected chi connectivity index (χ4v) is 2.28.